The van der Waals surface area contributed by atoms with Crippen molar-refractivity contribution in [1.29, 1.82) is 0 Å². The SMILES string of the molecule is COc1ccc2cccc(CC(O)c3cncnc3)c2c1. The number of methoxy groups -OCH3 is 1. The molecule has 0 radical (unpaired) electrons. The van der Waals surface area contributed by atoms with Crippen molar-refractivity contribution in [2.45, 2.75) is 12.5 Å². The van der Waals surface area contributed by atoms with Crippen molar-refractivity contribution in [3.63, 3.8) is 0 Å². The lowest BCUT2D eigenvalue weighted by molar-refractivity contribution is 0.178. The molecular weight excluding hydrogens is 264 g/mol. The number of fused-ring (bicyclic) bond motifs is 1. The van der Waals surface area contributed by atoms with E-state index in [1.54, 1.807) is 19.5 Å². The molecule has 1 N–H and O–H groups in total. The van der Waals surface area contributed by atoms with Crippen molar-refractivity contribution in [3.05, 3.63) is 66.2 Å². The minimum Gasteiger partial charge on any atom is -0.497 e. The third-order valence-electron chi connectivity index (χ3n) is 3.56. The minimum absolute atomic E-state index is 0.512. The molecule has 1 atom stereocenters. The zero-order valence-corrected chi connectivity index (χ0v) is 11.7. The molecule has 3 rings (SSSR count). The van der Waals surface area contributed by atoms with Crippen molar-refractivity contribution in [1.82, 2.24) is 9.97 Å². The lowest BCUT2D eigenvalue weighted by atomic mass is 9.97. The summed E-state index contributed by atoms with van der Waals surface area (Å²) >= 11 is 0. The van der Waals surface area contributed by atoms with Crippen LogP contribution in [0.4, 0.5) is 0 Å². The molecule has 21 heavy (non-hydrogen) atoms. The van der Waals surface area contributed by atoms with Gasteiger partial charge in [0.2, 0.25) is 0 Å². The predicted octanol–water partition coefficient (Wildman–Crippen LogP) is 2.91. The van der Waals surface area contributed by atoms with Crippen LogP contribution in [-0.4, -0.2) is 22.2 Å². The molecule has 0 aliphatic heterocycles. The number of hydrogen-bond donors (Lipinski definition) is 1. The van der Waals surface area contributed by atoms with Gasteiger partial charge < -0.3 is 9.84 Å². The van der Waals surface area contributed by atoms with Gasteiger partial charge in [-0.2, -0.15) is 0 Å². The number of rotatable bonds is 4. The van der Waals surface area contributed by atoms with Gasteiger partial charge in [0.15, 0.2) is 0 Å². The first-order valence-electron chi connectivity index (χ1n) is 6.76. The third-order valence-corrected chi connectivity index (χ3v) is 3.56. The van der Waals surface area contributed by atoms with E-state index in [0.29, 0.717) is 6.42 Å². The second-order valence-corrected chi connectivity index (χ2v) is 4.90. The number of ether oxygens (including phenoxy) is 1. The standard InChI is InChI=1S/C17H16N2O2/c1-21-15-6-5-12-3-2-4-13(16(12)8-15)7-17(20)14-9-18-11-19-10-14/h2-6,8-11,17,20H,7H2,1H3. The number of aliphatic hydroxyl groups excluding tert-OH is 1. The molecular formula is C17H16N2O2. The Labute approximate surface area is 123 Å². The Morgan fingerprint density at radius 3 is 2.71 bits per heavy atom. The predicted molar refractivity (Wildman–Crippen MR) is 81.2 cm³/mol. The van der Waals surface area contributed by atoms with Gasteiger partial charge in [0.1, 0.15) is 12.1 Å². The number of aromatic nitrogens is 2. The topological polar surface area (TPSA) is 55.2 Å². The molecule has 4 nitrogen and oxygen atoms in total. The van der Waals surface area contributed by atoms with E-state index in [9.17, 15) is 5.11 Å². The minimum atomic E-state index is -0.622. The van der Waals surface area contributed by atoms with E-state index < -0.39 is 6.10 Å². The first kappa shape index (κ1) is 13.5. The van der Waals surface area contributed by atoms with Gasteiger partial charge in [0.25, 0.3) is 0 Å². The zero-order valence-electron chi connectivity index (χ0n) is 11.7. The fraction of sp³-hybridized carbons (Fsp3) is 0.176. The summed E-state index contributed by atoms with van der Waals surface area (Å²) in [7, 11) is 1.65. The van der Waals surface area contributed by atoms with Crippen molar-refractivity contribution in [2.75, 3.05) is 7.11 Å². The van der Waals surface area contributed by atoms with Crippen molar-refractivity contribution < 1.29 is 9.84 Å². The summed E-state index contributed by atoms with van der Waals surface area (Å²) in [6.07, 6.45) is 4.63. The molecule has 3 aromatic rings. The van der Waals surface area contributed by atoms with E-state index in [2.05, 4.69) is 16.0 Å². The van der Waals surface area contributed by atoms with Crippen LogP contribution < -0.4 is 4.74 Å². The number of hydrogen-bond acceptors (Lipinski definition) is 4. The highest BCUT2D eigenvalue weighted by Gasteiger charge is 2.11. The second kappa shape index (κ2) is 5.89. The van der Waals surface area contributed by atoms with Crippen molar-refractivity contribution in [2.24, 2.45) is 0 Å². The fourth-order valence-electron chi connectivity index (χ4n) is 2.43. The Hall–Kier alpha value is -2.46. The average molecular weight is 280 g/mol. The van der Waals surface area contributed by atoms with Crippen molar-refractivity contribution >= 4 is 10.8 Å². The molecule has 1 heterocycles. The van der Waals surface area contributed by atoms with Crippen LogP contribution in [0.25, 0.3) is 10.8 Å². The van der Waals surface area contributed by atoms with Crippen LogP contribution in [0.5, 0.6) is 5.75 Å². The molecule has 0 saturated carbocycles. The number of benzene rings is 2. The second-order valence-electron chi connectivity index (χ2n) is 4.90. The maximum atomic E-state index is 10.3. The number of nitrogens with zero attached hydrogens (tertiary/aromatic N) is 2. The van der Waals surface area contributed by atoms with E-state index in [1.165, 1.54) is 6.33 Å². The molecule has 0 amide bonds. The summed E-state index contributed by atoms with van der Waals surface area (Å²) in [5.41, 5.74) is 1.79. The molecule has 1 aromatic heterocycles. The van der Waals surface area contributed by atoms with Crippen LogP contribution in [0.1, 0.15) is 17.2 Å². The summed E-state index contributed by atoms with van der Waals surface area (Å²) in [5.74, 6) is 0.812. The fourth-order valence-corrected chi connectivity index (χ4v) is 2.43. The molecule has 2 aromatic carbocycles. The van der Waals surface area contributed by atoms with E-state index in [0.717, 1.165) is 27.6 Å². The van der Waals surface area contributed by atoms with Crippen LogP contribution >= 0.6 is 0 Å². The summed E-state index contributed by atoms with van der Waals surface area (Å²) in [6.45, 7) is 0. The van der Waals surface area contributed by atoms with Gasteiger partial charge in [-0.15, -0.1) is 0 Å². The molecule has 106 valence electrons. The van der Waals surface area contributed by atoms with Gasteiger partial charge in [-0.05, 0) is 28.5 Å². The van der Waals surface area contributed by atoms with Crippen LogP contribution in [0, 0.1) is 0 Å². The zero-order chi connectivity index (χ0) is 14.7. The van der Waals surface area contributed by atoms with Crippen LogP contribution in [0.3, 0.4) is 0 Å². The Morgan fingerprint density at radius 2 is 1.95 bits per heavy atom. The Morgan fingerprint density at radius 1 is 1.14 bits per heavy atom. The highest BCUT2D eigenvalue weighted by Crippen LogP contribution is 2.27. The molecule has 0 fully saturated rings. The van der Waals surface area contributed by atoms with E-state index in [4.69, 9.17) is 4.74 Å². The monoisotopic (exact) mass is 280 g/mol. The molecule has 4 heteroatoms. The summed E-state index contributed by atoms with van der Waals surface area (Å²) in [6, 6.07) is 12.0. The van der Waals surface area contributed by atoms with Gasteiger partial charge >= 0.3 is 0 Å². The first-order chi connectivity index (χ1) is 10.3. The molecule has 0 spiro atoms. The Balaban J connectivity index is 1.96. The summed E-state index contributed by atoms with van der Waals surface area (Å²) in [5, 5.41) is 12.6. The summed E-state index contributed by atoms with van der Waals surface area (Å²) < 4.78 is 5.28. The molecule has 0 bridgehead atoms. The first-order valence-corrected chi connectivity index (χ1v) is 6.76. The van der Waals surface area contributed by atoms with E-state index >= 15 is 0 Å². The van der Waals surface area contributed by atoms with Gasteiger partial charge in [-0.3, -0.25) is 0 Å². The highest BCUT2D eigenvalue weighted by atomic mass is 16.5. The van der Waals surface area contributed by atoms with Gasteiger partial charge in [0, 0.05) is 24.4 Å². The highest BCUT2D eigenvalue weighted by molar-refractivity contribution is 5.87. The lowest BCUT2D eigenvalue weighted by Gasteiger charge is -2.13. The van der Waals surface area contributed by atoms with Gasteiger partial charge in [-0.1, -0.05) is 24.3 Å². The third kappa shape index (κ3) is 2.85. The largest absolute Gasteiger partial charge is 0.497 e. The maximum Gasteiger partial charge on any atom is 0.119 e. The van der Waals surface area contributed by atoms with Gasteiger partial charge in [-0.25, -0.2) is 9.97 Å². The molecule has 0 aliphatic carbocycles. The molecule has 0 aliphatic rings. The maximum absolute atomic E-state index is 10.3. The van der Waals surface area contributed by atoms with E-state index in [-0.39, 0.29) is 0 Å². The Bertz CT molecular complexity index is 744. The average Bonchev–Trinajstić information content (AvgIpc) is 2.55. The van der Waals surface area contributed by atoms with Crippen LogP contribution in [0.2, 0.25) is 0 Å². The molecule has 1 unspecified atom stereocenters. The number of aliphatic hydroxyl groups is 1. The molecule has 0 saturated heterocycles. The van der Waals surface area contributed by atoms with Crippen molar-refractivity contribution in [3.8, 4) is 5.75 Å². The quantitative estimate of drug-likeness (QED) is 0.798. The Kier molecular flexibility index (Phi) is 3.79. The van der Waals surface area contributed by atoms with Gasteiger partial charge in [0.05, 0.1) is 13.2 Å². The normalized spacial score (nSPS) is 12.3. The lowest BCUT2D eigenvalue weighted by Crippen LogP contribution is -2.03. The van der Waals surface area contributed by atoms with Crippen LogP contribution in [0.15, 0.2) is 55.1 Å². The summed E-state index contributed by atoms with van der Waals surface area (Å²) in [4.78, 5) is 7.89. The van der Waals surface area contributed by atoms with E-state index in [1.807, 2.05) is 30.3 Å². The smallest absolute Gasteiger partial charge is 0.119 e. The van der Waals surface area contributed by atoms with Crippen LogP contribution in [-0.2, 0) is 6.42 Å².